The van der Waals surface area contributed by atoms with E-state index in [-0.39, 0.29) is 0 Å². The third kappa shape index (κ3) is 6.77. The maximum absolute atomic E-state index is 11.2. The largest absolute Gasteiger partial charge is 0.458 e. The SMILES string of the molecule is Cc1cn(C[C@]2(C)CCCNC2)cn1.O=C(C(=O)C(F)(F)F)C(F)(F)F. The minimum absolute atomic E-state index is 0.408. The molecular formula is C15H19F6N3O2. The molecule has 0 radical (unpaired) electrons. The lowest BCUT2D eigenvalue weighted by molar-refractivity contribution is -0.193. The van der Waals surface area contributed by atoms with Crippen LogP contribution in [0.5, 0.6) is 0 Å². The second kappa shape index (κ2) is 8.19. The number of hydrogen-bond acceptors (Lipinski definition) is 4. The molecule has 1 saturated heterocycles. The number of hydrogen-bond donors (Lipinski definition) is 1. The summed E-state index contributed by atoms with van der Waals surface area (Å²) in [5.41, 5.74) is 1.52. The van der Waals surface area contributed by atoms with Crippen molar-refractivity contribution in [1.29, 1.82) is 0 Å². The Bertz CT molecular complexity index is 606. The number of ketones is 2. The lowest BCUT2D eigenvalue weighted by Crippen LogP contribution is -2.40. The zero-order valence-corrected chi connectivity index (χ0v) is 14.2. The Balaban J connectivity index is 0.000000265. The van der Waals surface area contributed by atoms with Gasteiger partial charge in [-0.1, -0.05) is 6.92 Å². The molecule has 26 heavy (non-hydrogen) atoms. The predicted molar refractivity (Wildman–Crippen MR) is 79.3 cm³/mol. The quantitative estimate of drug-likeness (QED) is 0.640. The summed E-state index contributed by atoms with van der Waals surface area (Å²) in [6.07, 6.45) is -4.87. The van der Waals surface area contributed by atoms with Crippen LogP contribution in [0, 0.1) is 12.3 Å². The van der Waals surface area contributed by atoms with Crippen molar-refractivity contribution in [3.8, 4) is 0 Å². The minimum atomic E-state index is -5.77. The maximum Gasteiger partial charge on any atom is 0.458 e. The number of rotatable bonds is 3. The first-order chi connectivity index (χ1) is 11.7. The molecule has 2 heterocycles. The number of carbonyl (C=O) groups is 2. The number of imidazole rings is 1. The third-order valence-electron chi connectivity index (χ3n) is 3.73. The van der Waals surface area contributed by atoms with Crippen molar-refractivity contribution in [2.45, 2.75) is 45.6 Å². The third-order valence-corrected chi connectivity index (χ3v) is 3.73. The number of nitrogens with zero attached hydrogens (tertiary/aromatic N) is 2. The first kappa shape index (κ1) is 22.1. The highest BCUT2D eigenvalue weighted by molar-refractivity contribution is 6.41. The van der Waals surface area contributed by atoms with Gasteiger partial charge >= 0.3 is 23.9 Å². The summed E-state index contributed by atoms with van der Waals surface area (Å²) in [6, 6.07) is 0. The number of alkyl halides is 6. The van der Waals surface area contributed by atoms with Gasteiger partial charge in [-0.3, -0.25) is 9.59 Å². The number of halogens is 6. The predicted octanol–water partition coefficient (Wildman–Crippen LogP) is 2.83. The fourth-order valence-corrected chi connectivity index (χ4v) is 2.51. The molecule has 148 valence electrons. The summed E-state index contributed by atoms with van der Waals surface area (Å²) in [4.78, 5) is 23.5. The molecular weight excluding hydrogens is 368 g/mol. The van der Waals surface area contributed by atoms with Gasteiger partial charge in [-0.2, -0.15) is 26.3 Å². The molecule has 1 N–H and O–H groups in total. The van der Waals surface area contributed by atoms with Gasteiger partial charge in [-0.05, 0) is 31.7 Å². The monoisotopic (exact) mass is 387 g/mol. The topological polar surface area (TPSA) is 64.0 Å². The van der Waals surface area contributed by atoms with E-state index in [1.54, 1.807) is 0 Å². The highest BCUT2D eigenvalue weighted by Crippen LogP contribution is 2.27. The zero-order chi connectivity index (χ0) is 20.2. The van der Waals surface area contributed by atoms with Crippen LogP contribution in [0.15, 0.2) is 12.5 Å². The molecule has 0 amide bonds. The molecule has 0 unspecified atom stereocenters. The Morgan fingerprint density at radius 1 is 1.19 bits per heavy atom. The summed E-state index contributed by atoms with van der Waals surface area (Å²) < 4.78 is 69.2. The van der Waals surface area contributed by atoms with Crippen molar-refractivity contribution < 1.29 is 35.9 Å². The van der Waals surface area contributed by atoms with Crippen LogP contribution in [0.4, 0.5) is 26.3 Å². The van der Waals surface area contributed by atoms with Crippen molar-refractivity contribution >= 4 is 11.6 Å². The van der Waals surface area contributed by atoms with E-state index < -0.39 is 23.9 Å². The number of Topliss-reactive ketones (excluding diaryl/α,β-unsaturated/α-hetero) is 2. The van der Waals surface area contributed by atoms with Gasteiger partial charge in [0.25, 0.3) is 0 Å². The number of carbonyl (C=O) groups excluding carboxylic acids is 2. The number of aryl methyl sites for hydroxylation is 1. The average Bonchev–Trinajstić information content (AvgIpc) is 2.89. The van der Waals surface area contributed by atoms with E-state index >= 15 is 0 Å². The van der Waals surface area contributed by atoms with Gasteiger partial charge in [0.1, 0.15) is 0 Å². The molecule has 1 aliphatic heterocycles. The van der Waals surface area contributed by atoms with Gasteiger partial charge in [0.05, 0.1) is 12.0 Å². The van der Waals surface area contributed by atoms with E-state index in [4.69, 9.17) is 0 Å². The minimum Gasteiger partial charge on any atom is -0.337 e. The first-order valence-corrected chi connectivity index (χ1v) is 7.66. The van der Waals surface area contributed by atoms with Gasteiger partial charge in [-0.25, -0.2) is 4.98 Å². The Morgan fingerprint density at radius 2 is 1.73 bits per heavy atom. The van der Waals surface area contributed by atoms with Gasteiger partial charge in [-0.15, -0.1) is 0 Å². The van der Waals surface area contributed by atoms with Crippen LogP contribution in [-0.2, 0) is 16.1 Å². The van der Waals surface area contributed by atoms with E-state index in [1.807, 2.05) is 13.3 Å². The van der Waals surface area contributed by atoms with Gasteiger partial charge in [0.15, 0.2) is 0 Å². The first-order valence-electron chi connectivity index (χ1n) is 7.66. The van der Waals surface area contributed by atoms with E-state index in [9.17, 15) is 35.9 Å². The van der Waals surface area contributed by atoms with Crippen molar-refractivity contribution in [2.75, 3.05) is 13.1 Å². The van der Waals surface area contributed by atoms with E-state index in [0.717, 1.165) is 18.8 Å². The van der Waals surface area contributed by atoms with Crippen LogP contribution in [-0.4, -0.2) is 46.6 Å². The van der Waals surface area contributed by atoms with Crippen molar-refractivity contribution in [1.82, 2.24) is 14.9 Å². The maximum atomic E-state index is 11.2. The number of piperidine rings is 1. The van der Waals surface area contributed by atoms with Gasteiger partial charge < -0.3 is 9.88 Å². The second-order valence-electron chi connectivity index (χ2n) is 6.43. The van der Waals surface area contributed by atoms with Crippen molar-refractivity contribution in [2.24, 2.45) is 5.41 Å². The normalized spacial score (nSPS) is 20.9. The van der Waals surface area contributed by atoms with Gasteiger partial charge in [0.2, 0.25) is 0 Å². The molecule has 0 aliphatic carbocycles. The molecule has 1 atom stereocenters. The Kier molecular flexibility index (Phi) is 6.97. The van der Waals surface area contributed by atoms with Crippen LogP contribution in [0.3, 0.4) is 0 Å². The molecule has 1 aromatic heterocycles. The fraction of sp³-hybridized carbons (Fsp3) is 0.667. The highest BCUT2D eigenvalue weighted by atomic mass is 19.4. The molecule has 1 aliphatic rings. The van der Waals surface area contributed by atoms with E-state index in [1.165, 1.54) is 19.4 Å². The molecule has 11 heteroatoms. The summed E-state index contributed by atoms with van der Waals surface area (Å²) in [6.45, 7) is 7.79. The molecule has 1 fully saturated rings. The molecule has 0 spiro atoms. The molecule has 0 saturated carbocycles. The van der Waals surface area contributed by atoms with Gasteiger partial charge in [0, 0.05) is 19.3 Å². The fourth-order valence-electron chi connectivity index (χ4n) is 2.51. The van der Waals surface area contributed by atoms with Crippen LogP contribution >= 0.6 is 0 Å². The standard InChI is InChI=1S/C11H19N3.C4F6O2/c1-10-6-14(9-13-10)8-11(2)4-3-5-12-7-11;5-3(6,7)1(11)2(12)4(8,9)10/h6,9,12H,3-5,7-8H2,1-2H3;/t11-;/m1./s1. The van der Waals surface area contributed by atoms with Crippen LogP contribution in [0.1, 0.15) is 25.5 Å². The number of nitrogens with one attached hydrogen (secondary N) is 1. The van der Waals surface area contributed by atoms with Crippen LogP contribution in [0.2, 0.25) is 0 Å². The zero-order valence-electron chi connectivity index (χ0n) is 14.2. The molecule has 0 aromatic carbocycles. The number of aromatic nitrogens is 2. The van der Waals surface area contributed by atoms with Crippen molar-refractivity contribution in [3.05, 3.63) is 18.2 Å². The highest BCUT2D eigenvalue weighted by Gasteiger charge is 2.54. The Hall–Kier alpha value is -1.91. The smallest absolute Gasteiger partial charge is 0.337 e. The lowest BCUT2D eigenvalue weighted by atomic mass is 9.83. The van der Waals surface area contributed by atoms with Crippen LogP contribution < -0.4 is 5.32 Å². The molecule has 0 bridgehead atoms. The van der Waals surface area contributed by atoms with Crippen molar-refractivity contribution in [3.63, 3.8) is 0 Å². The van der Waals surface area contributed by atoms with E-state index in [0.29, 0.717) is 5.41 Å². The average molecular weight is 387 g/mol. The summed E-state index contributed by atoms with van der Waals surface area (Å²) in [5, 5.41) is 3.47. The molecule has 1 aromatic rings. The molecule has 5 nitrogen and oxygen atoms in total. The Morgan fingerprint density at radius 3 is 2.08 bits per heavy atom. The Labute approximate surface area is 145 Å². The summed E-state index contributed by atoms with van der Waals surface area (Å²) >= 11 is 0. The van der Waals surface area contributed by atoms with Crippen LogP contribution in [0.25, 0.3) is 0 Å². The summed E-state index contributed by atoms with van der Waals surface area (Å²) in [5.74, 6) is -6.81. The van der Waals surface area contributed by atoms with E-state index in [2.05, 4.69) is 28.0 Å². The molecule has 2 rings (SSSR count). The lowest BCUT2D eigenvalue weighted by Gasteiger charge is -2.34. The second-order valence-corrected chi connectivity index (χ2v) is 6.43. The summed E-state index contributed by atoms with van der Waals surface area (Å²) in [7, 11) is 0.